The molecule has 1 unspecified atom stereocenters. The Morgan fingerprint density at radius 2 is 1.72 bits per heavy atom. The Bertz CT molecular complexity index is 285. The zero-order chi connectivity index (χ0) is 14.7. The lowest BCUT2D eigenvalue weighted by atomic mass is 10.2. The molecule has 18 heavy (non-hydrogen) atoms. The van der Waals surface area contributed by atoms with Gasteiger partial charge in [-0.05, 0) is 34.6 Å². The summed E-state index contributed by atoms with van der Waals surface area (Å²) in [6.07, 6.45) is -5.33. The molecule has 0 saturated heterocycles. The molecule has 0 aromatic heterocycles. The van der Waals surface area contributed by atoms with Gasteiger partial charge in [0.2, 0.25) is 0 Å². The monoisotopic (exact) mass is 270 g/mol. The molecule has 0 heterocycles. The maximum absolute atomic E-state index is 12.4. The van der Waals surface area contributed by atoms with Crippen molar-refractivity contribution < 1.29 is 22.7 Å². The van der Waals surface area contributed by atoms with Gasteiger partial charge in [-0.1, -0.05) is 0 Å². The number of carbonyl (C=O) groups is 1. The summed E-state index contributed by atoms with van der Waals surface area (Å²) in [5, 5.41) is 0. The summed E-state index contributed by atoms with van der Waals surface area (Å²) in [7, 11) is 0. The van der Waals surface area contributed by atoms with E-state index in [0.717, 1.165) is 4.90 Å². The summed E-state index contributed by atoms with van der Waals surface area (Å²) in [6, 6.07) is -2.50. The molecule has 2 N–H and O–H groups in total. The Labute approximate surface area is 105 Å². The van der Waals surface area contributed by atoms with Gasteiger partial charge in [-0.25, -0.2) is 4.79 Å². The predicted molar refractivity (Wildman–Crippen MR) is 62.1 cm³/mol. The van der Waals surface area contributed by atoms with Crippen LogP contribution in [-0.2, 0) is 4.74 Å². The minimum absolute atomic E-state index is 0.423. The average Bonchev–Trinajstić information content (AvgIpc) is 2.07. The molecule has 0 aliphatic rings. The number of carbonyl (C=O) groups excluding carboxylic acids is 1. The van der Waals surface area contributed by atoms with Crippen LogP contribution in [0.4, 0.5) is 18.0 Å². The molecule has 0 rings (SSSR count). The van der Waals surface area contributed by atoms with Crippen molar-refractivity contribution in [2.45, 2.75) is 58.5 Å². The SMILES string of the molecule is CC(C)N(CC(N)C(F)(F)F)C(=O)OC(C)(C)C. The van der Waals surface area contributed by atoms with Gasteiger partial charge in [-0.15, -0.1) is 0 Å². The summed E-state index contributed by atoms with van der Waals surface area (Å²) >= 11 is 0. The van der Waals surface area contributed by atoms with Crippen LogP contribution in [0.25, 0.3) is 0 Å². The molecule has 0 saturated carbocycles. The highest BCUT2D eigenvalue weighted by Crippen LogP contribution is 2.21. The molecular weight excluding hydrogens is 249 g/mol. The van der Waals surface area contributed by atoms with Crippen LogP contribution < -0.4 is 5.73 Å². The van der Waals surface area contributed by atoms with Gasteiger partial charge >= 0.3 is 12.3 Å². The number of alkyl halides is 3. The van der Waals surface area contributed by atoms with Crippen LogP contribution in [0, 0.1) is 0 Å². The normalized spacial score (nSPS) is 14.6. The second-order valence-corrected chi connectivity index (χ2v) is 5.37. The highest BCUT2D eigenvalue weighted by Gasteiger charge is 2.39. The third-order valence-electron chi connectivity index (χ3n) is 2.07. The van der Waals surface area contributed by atoms with Crippen LogP contribution >= 0.6 is 0 Å². The number of halogens is 3. The van der Waals surface area contributed by atoms with E-state index >= 15 is 0 Å². The molecule has 0 bridgehead atoms. The second kappa shape index (κ2) is 5.77. The number of ether oxygens (including phenoxy) is 1. The van der Waals surface area contributed by atoms with E-state index in [1.807, 2.05) is 0 Å². The molecule has 108 valence electrons. The molecule has 0 aliphatic carbocycles. The largest absolute Gasteiger partial charge is 0.444 e. The molecule has 0 aromatic carbocycles. The van der Waals surface area contributed by atoms with Crippen molar-refractivity contribution >= 4 is 6.09 Å². The summed E-state index contributed by atoms with van der Waals surface area (Å²) in [6.45, 7) is 7.53. The quantitative estimate of drug-likeness (QED) is 0.857. The minimum Gasteiger partial charge on any atom is -0.444 e. The van der Waals surface area contributed by atoms with Crippen molar-refractivity contribution in [3.8, 4) is 0 Å². The predicted octanol–water partition coefficient (Wildman–Crippen LogP) is 2.52. The number of rotatable bonds is 3. The lowest BCUT2D eigenvalue weighted by Gasteiger charge is -2.32. The third kappa shape index (κ3) is 6.09. The van der Waals surface area contributed by atoms with Gasteiger partial charge < -0.3 is 15.4 Å². The Morgan fingerprint density at radius 1 is 1.28 bits per heavy atom. The van der Waals surface area contributed by atoms with E-state index in [1.54, 1.807) is 34.6 Å². The van der Waals surface area contributed by atoms with E-state index in [9.17, 15) is 18.0 Å². The number of amides is 1. The van der Waals surface area contributed by atoms with E-state index in [0.29, 0.717) is 0 Å². The van der Waals surface area contributed by atoms with Crippen molar-refractivity contribution in [3.05, 3.63) is 0 Å². The Hall–Kier alpha value is -0.980. The van der Waals surface area contributed by atoms with E-state index in [-0.39, 0.29) is 0 Å². The molecule has 0 fully saturated rings. The maximum Gasteiger partial charge on any atom is 0.410 e. The summed E-state index contributed by atoms with van der Waals surface area (Å²) in [4.78, 5) is 12.7. The summed E-state index contributed by atoms with van der Waals surface area (Å²) in [5.74, 6) is 0. The fourth-order valence-electron chi connectivity index (χ4n) is 1.13. The Balaban J connectivity index is 4.74. The third-order valence-corrected chi connectivity index (χ3v) is 2.07. The number of nitrogens with zero attached hydrogens (tertiary/aromatic N) is 1. The van der Waals surface area contributed by atoms with Gasteiger partial charge in [0.05, 0.1) is 0 Å². The number of nitrogens with two attached hydrogens (primary N) is 1. The van der Waals surface area contributed by atoms with Crippen molar-refractivity contribution in [3.63, 3.8) is 0 Å². The number of hydrogen-bond acceptors (Lipinski definition) is 3. The lowest BCUT2D eigenvalue weighted by molar-refractivity contribution is -0.151. The zero-order valence-electron chi connectivity index (χ0n) is 11.3. The van der Waals surface area contributed by atoms with E-state index in [4.69, 9.17) is 10.5 Å². The maximum atomic E-state index is 12.4. The molecule has 1 amide bonds. The van der Waals surface area contributed by atoms with Crippen molar-refractivity contribution in [1.82, 2.24) is 4.90 Å². The molecular formula is C11H21F3N2O2. The molecule has 0 aromatic rings. The van der Waals surface area contributed by atoms with Crippen molar-refractivity contribution in [2.24, 2.45) is 5.73 Å². The smallest absolute Gasteiger partial charge is 0.410 e. The van der Waals surface area contributed by atoms with Crippen LogP contribution in [0.3, 0.4) is 0 Å². The van der Waals surface area contributed by atoms with Gasteiger partial charge in [0, 0.05) is 12.6 Å². The zero-order valence-corrected chi connectivity index (χ0v) is 11.3. The van der Waals surface area contributed by atoms with Gasteiger partial charge in [0.25, 0.3) is 0 Å². The van der Waals surface area contributed by atoms with Crippen molar-refractivity contribution in [2.75, 3.05) is 6.54 Å². The highest BCUT2D eigenvalue weighted by molar-refractivity contribution is 5.68. The van der Waals surface area contributed by atoms with Gasteiger partial charge in [0.1, 0.15) is 11.6 Å². The molecule has 4 nitrogen and oxygen atoms in total. The molecule has 0 aliphatic heterocycles. The first kappa shape index (κ1) is 17.0. The second-order valence-electron chi connectivity index (χ2n) is 5.37. The average molecular weight is 270 g/mol. The van der Waals surface area contributed by atoms with Crippen LogP contribution in [0.5, 0.6) is 0 Å². The van der Waals surface area contributed by atoms with Crippen molar-refractivity contribution in [1.29, 1.82) is 0 Å². The van der Waals surface area contributed by atoms with Gasteiger partial charge in [0.15, 0.2) is 0 Å². The van der Waals surface area contributed by atoms with Gasteiger partial charge in [-0.3, -0.25) is 0 Å². The Kier molecular flexibility index (Phi) is 5.46. The molecule has 0 spiro atoms. The topological polar surface area (TPSA) is 55.6 Å². The first-order chi connectivity index (χ1) is 7.84. The van der Waals surface area contributed by atoms with Crippen LogP contribution in [0.1, 0.15) is 34.6 Å². The highest BCUT2D eigenvalue weighted by atomic mass is 19.4. The summed E-state index contributed by atoms with van der Waals surface area (Å²) < 4.78 is 42.2. The van der Waals surface area contributed by atoms with Crippen LogP contribution in [-0.4, -0.2) is 41.4 Å². The lowest BCUT2D eigenvalue weighted by Crippen LogP contribution is -2.51. The number of hydrogen-bond donors (Lipinski definition) is 1. The molecule has 1 atom stereocenters. The molecule has 0 radical (unpaired) electrons. The minimum atomic E-state index is -4.53. The van der Waals surface area contributed by atoms with Crippen LogP contribution in [0.2, 0.25) is 0 Å². The first-order valence-corrected chi connectivity index (χ1v) is 5.66. The molecule has 7 heteroatoms. The fourth-order valence-corrected chi connectivity index (χ4v) is 1.13. The van der Waals surface area contributed by atoms with E-state index in [1.165, 1.54) is 0 Å². The fraction of sp³-hybridized carbons (Fsp3) is 0.909. The Morgan fingerprint density at radius 3 is 2.00 bits per heavy atom. The first-order valence-electron chi connectivity index (χ1n) is 5.66. The summed E-state index contributed by atoms with van der Waals surface area (Å²) in [5.41, 5.74) is 4.26. The van der Waals surface area contributed by atoms with Crippen LogP contribution in [0.15, 0.2) is 0 Å². The van der Waals surface area contributed by atoms with E-state index in [2.05, 4.69) is 0 Å². The van der Waals surface area contributed by atoms with Gasteiger partial charge in [-0.2, -0.15) is 13.2 Å². The standard InChI is InChI=1S/C11H21F3N2O2/c1-7(2)16(6-8(15)11(12,13)14)9(17)18-10(3,4)5/h7-8H,6,15H2,1-5H3. The van der Waals surface area contributed by atoms with E-state index < -0.39 is 36.5 Å².